The van der Waals surface area contributed by atoms with Gasteiger partial charge in [-0.15, -0.1) is 0 Å². The first-order chi connectivity index (χ1) is 14.8. The first-order valence-corrected chi connectivity index (χ1v) is 12.5. The SMILES string of the molecule is Cc1noc(C)c1CCNC(=O)C1CN(S(=O)(=O)c2ccccc2)CC12CCCCC2. The average molecular weight is 446 g/mol. The molecule has 1 aliphatic heterocycles. The van der Waals surface area contributed by atoms with Crippen LogP contribution in [0, 0.1) is 25.2 Å². The van der Waals surface area contributed by atoms with Crippen molar-refractivity contribution in [2.24, 2.45) is 11.3 Å². The molecule has 1 saturated heterocycles. The third-order valence-electron chi connectivity index (χ3n) is 7.02. The lowest BCUT2D eigenvalue weighted by atomic mass is 9.67. The molecule has 0 radical (unpaired) electrons. The minimum absolute atomic E-state index is 0.0422. The molecule has 1 saturated carbocycles. The smallest absolute Gasteiger partial charge is 0.243 e. The van der Waals surface area contributed by atoms with Gasteiger partial charge in [0.15, 0.2) is 0 Å². The van der Waals surface area contributed by atoms with Gasteiger partial charge in [0.1, 0.15) is 5.76 Å². The standard InChI is InChI=1S/C23H31N3O4S/c1-17-20(18(2)30-25-17)11-14-24-22(27)21-15-26(16-23(21)12-7-4-8-13-23)31(28,29)19-9-5-3-6-10-19/h3,5-6,9-10,21H,4,7-8,11-16H2,1-2H3,(H,24,27). The highest BCUT2D eigenvalue weighted by Gasteiger charge is 2.53. The Morgan fingerprint density at radius 3 is 2.55 bits per heavy atom. The highest BCUT2D eigenvalue weighted by atomic mass is 32.2. The highest BCUT2D eigenvalue weighted by Crippen LogP contribution is 2.48. The number of benzene rings is 1. The number of hydrogen-bond acceptors (Lipinski definition) is 5. The normalized spacial score (nSPS) is 21.4. The Balaban J connectivity index is 1.50. The van der Waals surface area contributed by atoms with Crippen molar-refractivity contribution in [2.45, 2.75) is 57.3 Å². The van der Waals surface area contributed by atoms with Crippen LogP contribution in [0.2, 0.25) is 0 Å². The highest BCUT2D eigenvalue weighted by molar-refractivity contribution is 7.89. The molecule has 0 bridgehead atoms. The molecule has 4 rings (SSSR count). The Bertz CT molecular complexity index is 1010. The van der Waals surface area contributed by atoms with E-state index in [-0.39, 0.29) is 23.8 Å². The van der Waals surface area contributed by atoms with Gasteiger partial charge in [-0.25, -0.2) is 8.42 Å². The van der Waals surface area contributed by atoms with E-state index in [0.29, 0.717) is 24.4 Å². The molecular weight excluding hydrogens is 414 g/mol. The fourth-order valence-corrected chi connectivity index (χ4v) is 6.84. The minimum Gasteiger partial charge on any atom is -0.361 e. The monoisotopic (exact) mass is 445 g/mol. The topological polar surface area (TPSA) is 92.5 Å². The first kappa shape index (κ1) is 22.0. The van der Waals surface area contributed by atoms with Crippen molar-refractivity contribution in [1.29, 1.82) is 0 Å². The average Bonchev–Trinajstić information content (AvgIpc) is 3.30. The number of amides is 1. The molecule has 168 valence electrons. The predicted molar refractivity (Wildman–Crippen MR) is 117 cm³/mol. The van der Waals surface area contributed by atoms with Gasteiger partial charge in [0.2, 0.25) is 15.9 Å². The van der Waals surface area contributed by atoms with Crippen molar-refractivity contribution in [3.05, 3.63) is 47.3 Å². The Hall–Kier alpha value is -2.19. The molecule has 8 heteroatoms. The van der Waals surface area contributed by atoms with Crippen LogP contribution in [0.25, 0.3) is 0 Å². The number of sulfonamides is 1. The van der Waals surface area contributed by atoms with Gasteiger partial charge in [0, 0.05) is 25.2 Å². The maximum absolute atomic E-state index is 13.3. The fraction of sp³-hybridized carbons (Fsp3) is 0.565. The molecule has 1 aromatic carbocycles. The lowest BCUT2D eigenvalue weighted by molar-refractivity contribution is -0.128. The van der Waals surface area contributed by atoms with Crippen LogP contribution in [0.3, 0.4) is 0 Å². The van der Waals surface area contributed by atoms with E-state index >= 15 is 0 Å². The number of carbonyl (C=O) groups is 1. The van der Waals surface area contributed by atoms with E-state index in [9.17, 15) is 13.2 Å². The molecule has 1 spiro atoms. The Morgan fingerprint density at radius 1 is 1.19 bits per heavy atom. The van der Waals surface area contributed by atoms with E-state index in [1.807, 2.05) is 13.8 Å². The Kier molecular flexibility index (Phi) is 6.21. The van der Waals surface area contributed by atoms with E-state index in [4.69, 9.17) is 4.52 Å². The molecular formula is C23H31N3O4S. The summed E-state index contributed by atoms with van der Waals surface area (Å²) in [7, 11) is -3.62. The molecule has 1 unspecified atom stereocenters. The number of nitrogens with one attached hydrogen (secondary N) is 1. The van der Waals surface area contributed by atoms with Crippen LogP contribution in [0.15, 0.2) is 39.8 Å². The number of hydrogen-bond donors (Lipinski definition) is 1. The Labute approximate surface area is 184 Å². The number of nitrogens with zero attached hydrogens (tertiary/aromatic N) is 2. The summed E-state index contributed by atoms with van der Waals surface area (Å²) in [4.78, 5) is 13.5. The van der Waals surface area contributed by atoms with E-state index < -0.39 is 10.0 Å². The minimum atomic E-state index is -3.62. The number of aromatic nitrogens is 1. The van der Waals surface area contributed by atoms with Crippen molar-refractivity contribution in [1.82, 2.24) is 14.8 Å². The Morgan fingerprint density at radius 2 is 1.90 bits per heavy atom. The van der Waals surface area contributed by atoms with Crippen LogP contribution in [-0.4, -0.2) is 43.4 Å². The molecule has 2 fully saturated rings. The van der Waals surface area contributed by atoms with Crippen LogP contribution < -0.4 is 5.32 Å². The fourth-order valence-electron chi connectivity index (χ4n) is 5.26. The summed E-state index contributed by atoms with van der Waals surface area (Å²) in [5.41, 5.74) is 1.59. The van der Waals surface area contributed by atoms with Gasteiger partial charge in [-0.05, 0) is 50.7 Å². The van der Waals surface area contributed by atoms with Crippen LogP contribution in [-0.2, 0) is 21.2 Å². The van der Waals surface area contributed by atoms with Gasteiger partial charge >= 0.3 is 0 Å². The zero-order valence-corrected chi connectivity index (χ0v) is 19.1. The molecule has 7 nitrogen and oxygen atoms in total. The number of rotatable bonds is 6. The molecule has 2 aliphatic rings. The predicted octanol–water partition coefficient (Wildman–Crippen LogP) is 3.22. The second-order valence-corrected chi connectivity index (χ2v) is 10.9. The second kappa shape index (κ2) is 8.74. The molecule has 1 aliphatic carbocycles. The summed E-state index contributed by atoms with van der Waals surface area (Å²) >= 11 is 0. The van der Waals surface area contributed by atoms with Gasteiger partial charge in [-0.3, -0.25) is 4.79 Å². The quantitative estimate of drug-likeness (QED) is 0.737. The van der Waals surface area contributed by atoms with Gasteiger partial charge in [-0.2, -0.15) is 4.31 Å². The van der Waals surface area contributed by atoms with Gasteiger partial charge in [0.05, 0.1) is 16.5 Å². The molecule has 1 aromatic heterocycles. The number of aryl methyl sites for hydroxylation is 2. The van der Waals surface area contributed by atoms with E-state index in [1.165, 1.54) is 4.31 Å². The zero-order chi connectivity index (χ0) is 22.1. The second-order valence-electron chi connectivity index (χ2n) is 8.93. The largest absolute Gasteiger partial charge is 0.361 e. The summed E-state index contributed by atoms with van der Waals surface area (Å²) < 4.78 is 33.2. The van der Waals surface area contributed by atoms with Gasteiger partial charge < -0.3 is 9.84 Å². The zero-order valence-electron chi connectivity index (χ0n) is 18.3. The molecule has 1 N–H and O–H groups in total. The van der Waals surface area contributed by atoms with Gasteiger partial charge in [0.25, 0.3) is 0 Å². The van der Waals surface area contributed by atoms with Crippen molar-refractivity contribution in [2.75, 3.05) is 19.6 Å². The van der Waals surface area contributed by atoms with Crippen LogP contribution in [0.1, 0.15) is 49.1 Å². The third-order valence-corrected chi connectivity index (χ3v) is 8.84. The lowest BCUT2D eigenvalue weighted by Gasteiger charge is -2.37. The van der Waals surface area contributed by atoms with E-state index in [1.54, 1.807) is 30.3 Å². The van der Waals surface area contributed by atoms with E-state index in [2.05, 4.69) is 10.5 Å². The summed E-state index contributed by atoms with van der Waals surface area (Å²) in [6.45, 7) is 4.92. The third kappa shape index (κ3) is 4.28. The maximum Gasteiger partial charge on any atom is 0.243 e. The van der Waals surface area contributed by atoms with Gasteiger partial charge in [-0.1, -0.05) is 42.6 Å². The summed E-state index contributed by atoms with van der Waals surface area (Å²) in [6.07, 6.45) is 5.68. The summed E-state index contributed by atoms with van der Waals surface area (Å²) in [5.74, 6) is 0.409. The maximum atomic E-state index is 13.3. The van der Waals surface area contributed by atoms with E-state index in [0.717, 1.165) is 49.1 Å². The molecule has 2 aromatic rings. The first-order valence-electron chi connectivity index (χ1n) is 11.1. The van der Waals surface area contributed by atoms with Crippen LogP contribution >= 0.6 is 0 Å². The molecule has 1 atom stereocenters. The van der Waals surface area contributed by atoms with Crippen LogP contribution in [0.5, 0.6) is 0 Å². The molecule has 1 amide bonds. The molecule has 31 heavy (non-hydrogen) atoms. The molecule has 2 heterocycles. The summed E-state index contributed by atoms with van der Waals surface area (Å²) in [6, 6.07) is 8.52. The van der Waals surface area contributed by atoms with Crippen LogP contribution in [0.4, 0.5) is 0 Å². The van der Waals surface area contributed by atoms with Crippen molar-refractivity contribution >= 4 is 15.9 Å². The van der Waals surface area contributed by atoms with Crippen molar-refractivity contribution < 1.29 is 17.7 Å². The number of carbonyl (C=O) groups excluding carboxylic acids is 1. The lowest BCUT2D eigenvalue weighted by Crippen LogP contribution is -2.43. The summed E-state index contributed by atoms with van der Waals surface area (Å²) in [5, 5.41) is 7.04. The van der Waals surface area contributed by atoms with Crippen molar-refractivity contribution in [3.8, 4) is 0 Å². The van der Waals surface area contributed by atoms with Crippen molar-refractivity contribution in [3.63, 3.8) is 0 Å².